The van der Waals surface area contributed by atoms with Crippen molar-refractivity contribution in [1.29, 1.82) is 0 Å². The molecule has 2 aliphatic rings. The smallest absolute Gasteiger partial charge is 0.272 e. The van der Waals surface area contributed by atoms with E-state index in [1.807, 2.05) is 0 Å². The summed E-state index contributed by atoms with van der Waals surface area (Å²) in [5, 5.41) is 17.4. The van der Waals surface area contributed by atoms with Gasteiger partial charge in [0, 0.05) is 17.6 Å². The van der Waals surface area contributed by atoms with Crippen LogP contribution in [0.25, 0.3) is 0 Å². The zero-order valence-electron chi connectivity index (χ0n) is 11.2. The van der Waals surface area contributed by atoms with Crippen molar-refractivity contribution in [1.82, 2.24) is 5.32 Å². The van der Waals surface area contributed by atoms with E-state index >= 15 is 0 Å². The number of nitrogens with one attached hydrogen (secondary N) is 2. The van der Waals surface area contributed by atoms with E-state index in [0.717, 1.165) is 25.5 Å². The predicted octanol–water partition coefficient (Wildman–Crippen LogP) is 2.82. The number of rotatable bonds is 3. The van der Waals surface area contributed by atoms with Crippen LogP contribution in [-0.4, -0.2) is 23.0 Å². The second kappa shape index (κ2) is 5.01. The Balaban J connectivity index is 1.69. The SMILES string of the molecule is O=[N+]([O-])c1ccc(NC2CCNC3(CCC3)C2)c(F)c1. The van der Waals surface area contributed by atoms with Crippen molar-refractivity contribution >= 4 is 11.4 Å². The number of hydrogen-bond donors (Lipinski definition) is 2. The van der Waals surface area contributed by atoms with Gasteiger partial charge in [-0.1, -0.05) is 0 Å². The average molecular weight is 279 g/mol. The van der Waals surface area contributed by atoms with Crippen LogP contribution in [-0.2, 0) is 0 Å². The number of non-ortho nitro benzene ring substituents is 1. The Morgan fingerprint density at radius 3 is 2.85 bits per heavy atom. The molecule has 0 amide bonds. The number of piperidine rings is 1. The summed E-state index contributed by atoms with van der Waals surface area (Å²) in [5.74, 6) is -0.555. The van der Waals surface area contributed by atoms with Crippen LogP contribution in [0.1, 0.15) is 32.1 Å². The van der Waals surface area contributed by atoms with Crippen molar-refractivity contribution in [2.45, 2.75) is 43.7 Å². The third kappa shape index (κ3) is 2.47. The molecular formula is C14H18FN3O2. The number of benzene rings is 1. The van der Waals surface area contributed by atoms with Gasteiger partial charge in [0.2, 0.25) is 0 Å². The second-order valence-corrected chi connectivity index (χ2v) is 5.82. The van der Waals surface area contributed by atoms with Gasteiger partial charge < -0.3 is 10.6 Å². The number of hydrogen-bond acceptors (Lipinski definition) is 4. The lowest BCUT2D eigenvalue weighted by molar-refractivity contribution is -0.385. The Morgan fingerprint density at radius 2 is 2.25 bits per heavy atom. The molecule has 1 aliphatic carbocycles. The summed E-state index contributed by atoms with van der Waals surface area (Å²) >= 11 is 0. The number of anilines is 1. The minimum atomic E-state index is -0.583. The Bertz CT molecular complexity index is 531. The van der Waals surface area contributed by atoms with Gasteiger partial charge in [-0.3, -0.25) is 10.1 Å². The first-order valence-corrected chi connectivity index (χ1v) is 7.04. The Morgan fingerprint density at radius 1 is 1.45 bits per heavy atom. The first kappa shape index (κ1) is 13.3. The molecule has 6 heteroatoms. The van der Waals surface area contributed by atoms with Gasteiger partial charge in [-0.15, -0.1) is 0 Å². The van der Waals surface area contributed by atoms with E-state index in [-0.39, 0.29) is 17.3 Å². The van der Waals surface area contributed by atoms with Crippen LogP contribution in [0, 0.1) is 15.9 Å². The molecule has 0 aromatic heterocycles. The first-order valence-electron chi connectivity index (χ1n) is 7.04. The van der Waals surface area contributed by atoms with Crippen molar-refractivity contribution < 1.29 is 9.31 Å². The highest BCUT2D eigenvalue weighted by atomic mass is 19.1. The van der Waals surface area contributed by atoms with Crippen LogP contribution < -0.4 is 10.6 Å². The van der Waals surface area contributed by atoms with E-state index in [1.54, 1.807) is 0 Å². The van der Waals surface area contributed by atoms with Crippen molar-refractivity contribution in [2.24, 2.45) is 0 Å². The molecule has 1 unspecified atom stereocenters. The predicted molar refractivity (Wildman–Crippen MR) is 74.3 cm³/mol. The van der Waals surface area contributed by atoms with E-state index in [9.17, 15) is 14.5 Å². The van der Waals surface area contributed by atoms with Crippen LogP contribution in [0.15, 0.2) is 18.2 Å². The highest BCUT2D eigenvalue weighted by molar-refractivity contribution is 5.50. The maximum absolute atomic E-state index is 13.9. The molecular weight excluding hydrogens is 261 g/mol. The lowest BCUT2D eigenvalue weighted by atomic mass is 9.70. The fourth-order valence-corrected chi connectivity index (χ4v) is 3.22. The minimum absolute atomic E-state index is 0.214. The van der Waals surface area contributed by atoms with E-state index in [4.69, 9.17) is 0 Å². The molecule has 0 radical (unpaired) electrons. The van der Waals surface area contributed by atoms with Gasteiger partial charge in [-0.25, -0.2) is 4.39 Å². The van der Waals surface area contributed by atoms with Gasteiger partial charge in [-0.05, 0) is 44.7 Å². The summed E-state index contributed by atoms with van der Waals surface area (Å²) in [7, 11) is 0. The van der Waals surface area contributed by atoms with Crippen LogP contribution in [0.4, 0.5) is 15.8 Å². The summed E-state index contributed by atoms with van der Waals surface area (Å²) in [6, 6.07) is 4.00. The lowest BCUT2D eigenvalue weighted by Crippen LogP contribution is -2.58. The molecule has 1 aromatic rings. The van der Waals surface area contributed by atoms with Gasteiger partial charge in [0.05, 0.1) is 16.7 Å². The molecule has 3 rings (SSSR count). The van der Waals surface area contributed by atoms with E-state index in [0.29, 0.717) is 5.69 Å². The van der Waals surface area contributed by atoms with Gasteiger partial charge in [0.25, 0.3) is 5.69 Å². The van der Waals surface area contributed by atoms with Crippen LogP contribution >= 0.6 is 0 Å². The number of nitrogens with zero attached hydrogens (tertiary/aromatic N) is 1. The quantitative estimate of drug-likeness (QED) is 0.659. The molecule has 1 spiro atoms. The third-order valence-electron chi connectivity index (χ3n) is 4.46. The lowest BCUT2D eigenvalue weighted by Gasteiger charge is -2.48. The summed E-state index contributed by atoms with van der Waals surface area (Å²) in [5.41, 5.74) is 0.387. The number of nitro benzene ring substituents is 1. The fourth-order valence-electron chi connectivity index (χ4n) is 3.22. The Hall–Kier alpha value is -1.69. The van der Waals surface area contributed by atoms with Crippen LogP contribution in [0.3, 0.4) is 0 Å². The van der Waals surface area contributed by atoms with Crippen molar-refractivity contribution in [2.75, 3.05) is 11.9 Å². The number of halogens is 1. The molecule has 1 aromatic carbocycles. The first-order chi connectivity index (χ1) is 9.58. The molecule has 1 aliphatic heterocycles. The molecule has 1 saturated carbocycles. The summed E-state index contributed by atoms with van der Waals surface area (Å²) < 4.78 is 13.9. The monoisotopic (exact) mass is 279 g/mol. The molecule has 1 heterocycles. The molecule has 1 atom stereocenters. The maximum atomic E-state index is 13.9. The maximum Gasteiger partial charge on any atom is 0.272 e. The molecule has 2 N–H and O–H groups in total. The van der Waals surface area contributed by atoms with Gasteiger partial charge in [-0.2, -0.15) is 0 Å². The molecule has 20 heavy (non-hydrogen) atoms. The summed E-state index contributed by atoms with van der Waals surface area (Å²) in [4.78, 5) is 10.0. The van der Waals surface area contributed by atoms with Crippen molar-refractivity contribution in [3.05, 3.63) is 34.1 Å². The molecule has 0 bridgehead atoms. The highest BCUT2D eigenvalue weighted by Crippen LogP contribution is 2.39. The Labute approximate surface area is 116 Å². The standard InChI is InChI=1S/C14H18FN3O2/c15-12-8-11(18(19)20)2-3-13(12)17-10-4-7-16-14(9-10)5-1-6-14/h2-3,8,10,16-17H,1,4-7,9H2. The highest BCUT2D eigenvalue weighted by Gasteiger charge is 2.40. The summed E-state index contributed by atoms with van der Waals surface area (Å²) in [6.07, 6.45) is 5.56. The van der Waals surface area contributed by atoms with Gasteiger partial charge >= 0.3 is 0 Å². The van der Waals surface area contributed by atoms with E-state index in [2.05, 4.69) is 10.6 Å². The fraction of sp³-hybridized carbons (Fsp3) is 0.571. The van der Waals surface area contributed by atoms with Crippen molar-refractivity contribution in [3.63, 3.8) is 0 Å². The molecule has 2 fully saturated rings. The number of nitro groups is 1. The van der Waals surface area contributed by atoms with Crippen LogP contribution in [0.5, 0.6) is 0 Å². The molecule has 108 valence electrons. The second-order valence-electron chi connectivity index (χ2n) is 5.82. The van der Waals surface area contributed by atoms with E-state index in [1.165, 1.54) is 31.4 Å². The topological polar surface area (TPSA) is 67.2 Å². The van der Waals surface area contributed by atoms with Gasteiger partial charge in [0.15, 0.2) is 5.82 Å². The largest absolute Gasteiger partial charge is 0.380 e. The summed E-state index contributed by atoms with van der Waals surface area (Å²) in [6.45, 7) is 0.937. The average Bonchev–Trinajstić information content (AvgIpc) is 2.39. The minimum Gasteiger partial charge on any atom is -0.380 e. The van der Waals surface area contributed by atoms with Gasteiger partial charge in [0.1, 0.15) is 0 Å². The molecule has 5 nitrogen and oxygen atoms in total. The van der Waals surface area contributed by atoms with Crippen molar-refractivity contribution in [3.8, 4) is 0 Å². The Kier molecular flexibility index (Phi) is 3.33. The molecule has 1 saturated heterocycles. The van der Waals surface area contributed by atoms with E-state index < -0.39 is 10.7 Å². The third-order valence-corrected chi connectivity index (χ3v) is 4.46. The normalized spacial score (nSPS) is 24.1. The van der Waals surface area contributed by atoms with Crippen LogP contribution in [0.2, 0.25) is 0 Å². The zero-order valence-corrected chi connectivity index (χ0v) is 11.2. The zero-order chi connectivity index (χ0) is 14.2.